The molecule has 2 aliphatic rings. The number of amides is 2. The van der Waals surface area contributed by atoms with E-state index in [1.54, 1.807) is 48.5 Å². The molecule has 0 saturated heterocycles. The summed E-state index contributed by atoms with van der Waals surface area (Å²) in [6.07, 6.45) is 3.02. The van der Waals surface area contributed by atoms with Gasteiger partial charge in [-0.1, -0.05) is 36.4 Å². The van der Waals surface area contributed by atoms with E-state index >= 15 is 0 Å². The second kappa shape index (κ2) is 8.96. The van der Waals surface area contributed by atoms with Crippen LogP contribution in [-0.4, -0.2) is 25.4 Å². The quantitative estimate of drug-likeness (QED) is 0.564. The largest absolute Gasteiger partial charge is 0.454 e. The van der Waals surface area contributed by atoms with Gasteiger partial charge < -0.3 is 29.6 Å². The van der Waals surface area contributed by atoms with Crippen molar-refractivity contribution in [2.45, 2.75) is 6.04 Å². The van der Waals surface area contributed by atoms with Crippen LogP contribution in [0.1, 0.15) is 17.2 Å². The highest BCUT2D eigenvalue weighted by Crippen LogP contribution is 2.35. The molecule has 0 radical (unpaired) electrons. The molecule has 3 aromatic rings. The molecule has 2 N–H and O–H groups in total. The monoisotopic (exact) mass is 444 g/mol. The summed E-state index contributed by atoms with van der Waals surface area (Å²) < 4.78 is 21.3. The zero-order chi connectivity index (χ0) is 22.6. The lowest BCUT2D eigenvalue weighted by Crippen LogP contribution is -2.36. The second-order valence-electron chi connectivity index (χ2n) is 7.36. The van der Waals surface area contributed by atoms with Gasteiger partial charge in [-0.25, -0.2) is 0 Å². The number of anilines is 1. The molecular weight excluding hydrogens is 424 g/mol. The van der Waals surface area contributed by atoms with Gasteiger partial charge in [0.2, 0.25) is 19.5 Å². The SMILES string of the molecule is O=C(/C=C/c1ccc2c(c1)OCO2)N[C@H](C(=O)Nc1ccc2c(c1)OCO2)c1ccccc1. The number of benzene rings is 3. The average Bonchev–Trinajstić information content (AvgIpc) is 3.50. The highest BCUT2D eigenvalue weighted by Gasteiger charge is 2.23. The number of hydrogen-bond acceptors (Lipinski definition) is 6. The predicted octanol–water partition coefficient (Wildman–Crippen LogP) is 3.65. The van der Waals surface area contributed by atoms with Crippen molar-refractivity contribution < 1.29 is 28.5 Å². The molecule has 3 aromatic carbocycles. The third-order valence-corrected chi connectivity index (χ3v) is 5.15. The molecule has 5 rings (SSSR count). The molecule has 2 heterocycles. The van der Waals surface area contributed by atoms with Crippen molar-refractivity contribution in [1.29, 1.82) is 0 Å². The lowest BCUT2D eigenvalue weighted by atomic mass is 10.1. The van der Waals surface area contributed by atoms with Gasteiger partial charge in [0.25, 0.3) is 5.91 Å². The first kappa shape index (κ1) is 20.4. The summed E-state index contributed by atoms with van der Waals surface area (Å²) in [5, 5.41) is 5.61. The van der Waals surface area contributed by atoms with Gasteiger partial charge in [-0.05, 0) is 41.5 Å². The molecule has 33 heavy (non-hydrogen) atoms. The minimum absolute atomic E-state index is 0.144. The average molecular weight is 444 g/mol. The number of carbonyl (C=O) groups is 2. The lowest BCUT2D eigenvalue weighted by molar-refractivity contribution is -0.123. The van der Waals surface area contributed by atoms with Crippen LogP contribution in [-0.2, 0) is 9.59 Å². The summed E-state index contributed by atoms with van der Waals surface area (Å²) >= 11 is 0. The third kappa shape index (κ3) is 4.59. The van der Waals surface area contributed by atoms with Crippen LogP contribution in [0.3, 0.4) is 0 Å². The van der Waals surface area contributed by atoms with Crippen LogP contribution in [0.25, 0.3) is 6.08 Å². The molecule has 0 saturated carbocycles. The number of ether oxygens (including phenoxy) is 4. The molecule has 2 amide bonds. The van der Waals surface area contributed by atoms with Crippen molar-refractivity contribution in [3.05, 3.63) is 83.9 Å². The van der Waals surface area contributed by atoms with E-state index in [9.17, 15) is 9.59 Å². The van der Waals surface area contributed by atoms with Crippen molar-refractivity contribution in [3.8, 4) is 23.0 Å². The first-order valence-corrected chi connectivity index (χ1v) is 10.3. The molecular formula is C25H20N2O6. The maximum atomic E-state index is 13.1. The zero-order valence-electron chi connectivity index (χ0n) is 17.4. The van der Waals surface area contributed by atoms with E-state index in [1.165, 1.54) is 6.08 Å². The summed E-state index contributed by atoms with van der Waals surface area (Å²) in [7, 11) is 0. The van der Waals surface area contributed by atoms with Gasteiger partial charge in [0.1, 0.15) is 6.04 Å². The fourth-order valence-electron chi connectivity index (χ4n) is 3.51. The summed E-state index contributed by atoms with van der Waals surface area (Å²) in [5.41, 5.74) is 1.96. The highest BCUT2D eigenvalue weighted by atomic mass is 16.7. The Morgan fingerprint density at radius 3 is 2.21 bits per heavy atom. The Bertz CT molecular complexity index is 1220. The summed E-state index contributed by atoms with van der Waals surface area (Å²) in [6.45, 7) is 0.325. The standard InChI is InChI=1S/C25H20N2O6/c28-23(11-7-16-6-9-19-21(12-16)32-14-30-19)27-24(17-4-2-1-3-5-17)25(29)26-18-8-10-20-22(13-18)33-15-31-20/h1-13,24H,14-15H2,(H,26,29)(H,27,28)/b11-7+/t24-/m0/s1. The first-order valence-electron chi connectivity index (χ1n) is 10.3. The van der Waals surface area contributed by atoms with Crippen LogP contribution < -0.4 is 29.6 Å². The second-order valence-corrected chi connectivity index (χ2v) is 7.36. The molecule has 0 aromatic heterocycles. The van der Waals surface area contributed by atoms with E-state index in [0.29, 0.717) is 34.2 Å². The van der Waals surface area contributed by atoms with Crippen molar-refractivity contribution in [2.75, 3.05) is 18.9 Å². The van der Waals surface area contributed by atoms with E-state index in [2.05, 4.69) is 10.6 Å². The van der Waals surface area contributed by atoms with Crippen LogP contribution in [0.2, 0.25) is 0 Å². The maximum Gasteiger partial charge on any atom is 0.251 e. The van der Waals surface area contributed by atoms with Gasteiger partial charge in [0.15, 0.2) is 23.0 Å². The van der Waals surface area contributed by atoms with E-state index in [0.717, 1.165) is 5.56 Å². The van der Waals surface area contributed by atoms with Gasteiger partial charge in [0, 0.05) is 17.8 Å². The first-order chi connectivity index (χ1) is 16.2. The highest BCUT2D eigenvalue weighted by molar-refractivity contribution is 6.00. The number of hydrogen-bond donors (Lipinski definition) is 2. The zero-order valence-corrected chi connectivity index (χ0v) is 17.4. The van der Waals surface area contributed by atoms with Crippen LogP contribution in [0.4, 0.5) is 5.69 Å². The topological polar surface area (TPSA) is 95.1 Å². The fraction of sp³-hybridized carbons (Fsp3) is 0.120. The number of fused-ring (bicyclic) bond motifs is 2. The van der Waals surface area contributed by atoms with Crippen LogP contribution in [0, 0.1) is 0 Å². The molecule has 2 aliphatic heterocycles. The van der Waals surface area contributed by atoms with E-state index in [1.807, 2.05) is 24.3 Å². The normalized spacial score (nSPS) is 14.2. The lowest BCUT2D eigenvalue weighted by Gasteiger charge is -2.18. The predicted molar refractivity (Wildman–Crippen MR) is 120 cm³/mol. The Labute approximate surface area is 189 Å². The molecule has 166 valence electrons. The molecule has 0 fully saturated rings. The number of carbonyl (C=O) groups excluding carboxylic acids is 2. The Kier molecular flexibility index (Phi) is 5.55. The van der Waals surface area contributed by atoms with Crippen molar-refractivity contribution in [1.82, 2.24) is 5.32 Å². The molecule has 0 unspecified atom stereocenters. The molecule has 0 aliphatic carbocycles. The Morgan fingerprint density at radius 2 is 1.45 bits per heavy atom. The van der Waals surface area contributed by atoms with Crippen LogP contribution >= 0.6 is 0 Å². The van der Waals surface area contributed by atoms with Gasteiger partial charge >= 0.3 is 0 Å². The van der Waals surface area contributed by atoms with E-state index < -0.39 is 11.9 Å². The summed E-state index contributed by atoms with van der Waals surface area (Å²) in [4.78, 5) is 25.8. The van der Waals surface area contributed by atoms with E-state index in [4.69, 9.17) is 18.9 Å². The fourth-order valence-corrected chi connectivity index (χ4v) is 3.51. The van der Waals surface area contributed by atoms with Crippen molar-refractivity contribution in [2.24, 2.45) is 0 Å². The van der Waals surface area contributed by atoms with E-state index in [-0.39, 0.29) is 19.5 Å². The third-order valence-electron chi connectivity index (χ3n) is 5.15. The van der Waals surface area contributed by atoms with Crippen molar-refractivity contribution in [3.63, 3.8) is 0 Å². The van der Waals surface area contributed by atoms with Crippen molar-refractivity contribution >= 4 is 23.6 Å². The molecule has 8 heteroatoms. The molecule has 0 spiro atoms. The Morgan fingerprint density at radius 1 is 0.788 bits per heavy atom. The Balaban J connectivity index is 1.31. The number of nitrogens with one attached hydrogen (secondary N) is 2. The minimum atomic E-state index is -0.898. The van der Waals surface area contributed by atoms with Gasteiger partial charge in [0.05, 0.1) is 0 Å². The van der Waals surface area contributed by atoms with Crippen LogP contribution in [0.15, 0.2) is 72.8 Å². The molecule has 0 bridgehead atoms. The van der Waals surface area contributed by atoms with Crippen LogP contribution in [0.5, 0.6) is 23.0 Å². The summed E-state index contributed by atoms with van der Waals surface area (Å²) in [6, 6.07) is 18.6. The number of rotatable bonds is 6. The minimum Gasteiger partial charge on any atom is -0.454 e. The maximum absolute atomic E-state index is 13.1. The van der Waals surface area contributed by atoms with Gasteiger partial charge in [-0.3, -0.25) is 9.59 Å². The summed E-state index contributed by atoms with van der Waals surface area (Å²) in [5.74, 6) is 1.67. The molecule has 8 nitrogen and oxygen atoms in total. The van der Waals surface area contributed by atoms with Gasteiger partial charge in [-0.15, -0.1) is 0 Å². The van der Waals surface area contributed by atoms with Gasteiger partial charge in [-0.2, -0.15) is 0 Å². The molecule has 1 atom stereocenters. The Hall–Kier alpha value is -4.46. The smallest absolute Gasteiger partial charge is 0.251 e.